The van der Waals surface area contributed by atoms with Crippen molar-refractivity contribution in [2.75, 3.05) is 0 Å². The Morgan fingerprint density at radius 2 is 1.78 bits per heavy atom. The standard InChI is InChI=1S/C24H15F3INO3/c25-24(26,27)20-3-1-2-18(12-20)19(13-29)10-16-6-9-22(21(28)11-16)32-14-15-4-7-17(8-5-15)23(30)31/h1-12H,14H2,(H,30,31)/b19-10-. The number of ether oxygens (including phenoxy) is 1. The van der Waals surface area contributed by atoms with Gasteiger partial charge in [0, 0.05) is 0 Å². The smallest absolute Gasteiger partial charge is 0.416 e. The van der Waals surface area contributed by atoms with Crippen LogP contribution >= 0.6 is 22.6 Å². The number of aromatic carboxylic acids is 1. The first-order valence-electron chi connectivity index (χ1n) is 9.21. The Labute approximate surface area is 195 Å². The summed E-state index contributed by atoms with van der Waals surface area (Å²) in [4.78, 5) is 10.9. The number of benzene rings is 3. The molecule has 0 heterocycles. The number of carbonyl (C=O) groups is 1. The summed E-state index contributed by atoms with van der Waals surface area (Å²) < 4.78 is 45.4. The summed E-state index contributed by atoms with van der Waals surface area (Å²) in [6.45, 7) is 0.235. The van der Waals surface area contributed by atoms with Crippen LogP contribution in [0, 0.1) is 14.9 Å². The molecule has 8 heteroatoms. The predicted octanol–water partition coefficient (Wildman–Crippen LogP) is 6.65. The fourth-order valence-electron chi connectivity index (χ4n) is 2.84. The van der Waals surface area contributed by atoms with Gasteiger partial charge in [-0.2, -0.15) is 18.4 Å². The molecule has 0 saturated heterocycles. The summed E-state index contributed by atoms with van der Waals surface area (Å²) in [5, 5.41) is 18.4. The third-order valence-corrected chi connectivity index (χ3v) is 5.33. The molecule has 0 aliphatic heterocycles. The summed E-state index contributed by atoms with van der Waals surface area (Å²) in [6, 6.07) is 18.1. The van der Waals surface area contributed by atoms with Gasteiger partial charge < -0.3 is 9.84 Å². The second-order valence-electron chi connectivity index (χ2n) is 6.73. The van der Waals surface area contributed by atoms with Crippen LogP contribution in [-0.4, -0.2) is 11.1 Å². The third-order valence-electron chi connectivity index (χ3n) is 4.48. The lowest BCUT2D eigenvalue weighted by atomic mass is 10.0. The Bertz CT molecular complexity index is 1210. The van der Waals surface area contributed by atoms with Crippen LogP contribution in [0.1, 0.15) is 32.6 Å². The number of carboxylic acid groups (broad SMARTS) is 1. The van der Waals surface area contributed by atoms with E-state index in [1.165, 1.54) is 30.3 Å². The van der Waals surface area contributed by atoms with Crippen LogP contribution in [0.25, 0.3) is 11.6 Å². The number of nitriles is 1. The van der Waals surface area contributed by atoms with Gasteiger partial charge in [-0.25, -0.2) is 4.79 Å². The molecule has 0 bridgehead atoms. The second kappa shape index (κ2) is 9.87. The molecule has 0 aliphatic rings. The van der Waals surface area contributed by atoms with Crippen LogP contribution in [0.5, 0.6) is 5.75 Å². The summed E-state index contributed by atoms with van der Waals surface area (Å²) in [6.07, 6.45) is -2.97. The predicted molar refractivity (Wildman–Crippen MR) is 122 cm³/mol. The minimum absolute atomic E-state index is 0.110. The molecule has 0 aliphatic carbocycles. The molecule has 0 saturated carbocycles. The van der Waals surface area contributed by atoms with Gasteiger partial charge in [-0.3, -0.25) is 0 Å². The van der Waals surface area contributed by atoms with Gasteiger partial charge in [0.2, 0.25) is 0 Å². The quantitative estimate of drug-likeness (QED) is 0.212. The molecular weight excluding hydrogens is 534 g/mol. The maximum Gasteiger partial charge on any atom is 0.416 e. The monoisotopic (exact) mass is 549 g/mol. The van der Waals surface area contributed by atoms with Crippen LogP contribution in [0.2, 0.25) is 0 Å². The molecule has 0 aromatic heterocycles. The average molecular weight is 549 g/mol. The van der Waals surface area contributed by atoms with E-state index < -0.39 is 17.7 Å². The Morgan fingerprint density at radius 1 is 1.06 bits per heavy atom. The Morgan fingerprint density at radius 3 is 2.38 bits per heavy atom. The van der Waals surface area contributed by atoms with E-state index in [1.54, 1.807) is 30.3 Å². The van der Waals surface area contributed by atoms with Crippen molar-refractivity contribution < 1.29 is 27.8 Å². The van der Waals surface area contributed by atoms with Gasteiger partial charge >= 0.3 is 12.1 Å². The average Bonchev–Trinajstić information content (AvgIpc) is 2.76. The molecule has 0 radical (unpaired) electrons. The molecule has 0 atom stereocenters. The first-order chi connectivity index (χ1) is 15.2. The molecule has 162 valence electrons. The topological polar surface area (TPSA) is 70.3 Å². The number of hydrogen-bond donors (Lipinski definition) is 1. The van der Waals surface area contributed by atoms with Crippen molar-refractivity contribution in [2.45, 2.75) is 12.8 Å². The van der Waals surface area contributed by atoms with Crippen molar-refractivity contribution in [1.29, 1.82) is 5.26 Å². The molecule has 4 nitrogen and oxygen atoms in total. The molecule has 32 heavy (non-hydrogen) atoms. The number of halogens is 4. The fourth-order valence-corrected chi connectivity index (χ4v) is 3.53. The van der Waals surface area contributed by atoms with Crippen LogP contribution in [0.4, 0.5) is 13.2 Å². The molecule has 0 fully saturated rings. The van der Waals surface area contributed by atoms with Crippen molar-refractivity contribution in [3.05, 3.63) is 98.1 Å². The Balaban J connectivity index is 1.77. The Kier molecular flexibility index (Phi) is 7.20. The highest BCUT2D eigenvalue weighted by Crippen LogP contribution is 2.32. The van der Waals surface area contributed by atoms with Gasteiger partial charge in [0.05, 0.1) is 26.3 Å². The van der Waals surface area contributed by atoms with Gasteiger partial charge in [-0.1, -0.05) is 30.3 Å². The maximum atomic E-state index is 13.0. The van der Waals surface area contributed by atoms with E-state index in [2.05, 4.69) is 22.6 Å². The van der Waals surface area contributed by atoms with E-state index in [9.17, 15) is 23.2 Å². The van der Waals surface area contributed by atoms with Crippen molar-refractivity contribution in [3.8, 4) is 11.8 Å². The van der Waals surface area contributed by atoms with E-state index in [0.29, 0.717) is 11.3 Å². The molecule has 3 aromatic rings. The lowest BCUT2D eigenvalue weighted by Gasteiger charge is -2.10. The highest BCUT2D eigenvalue weighted by atomic mass is 127. The van der Waals surface area contributed by atoms with Crippen LogP contribution in [0.15, 0.2) is 66.7 Å². The SMILES string of the molecule is N#C/C(=C/c1ccc(OCc2ccc(C(=O)O)cc2)c(I)c1)c1cccc(C(F)(F)F)c1. The number of hydrogen-bond acceptors (Lipinski definition) is 3. The fraction of sp³-hybridized carbons (Fsp3) is 0.0833. The van der Waals surface area contributed by atoms with Crippen molar-refractivity contribution in [2.24, 2.45) is 0 Å². The largest absolute Gasteiger partial charge is 0.488 e. The first-order valence-corrected chi connectivity index (χ1v) is 10.3. The normalized spacial score (nSPS) is 11.7. The highest BCUT2D eigenvalue weighted by molar-refractivity contribution is 14.1. The minimum atomic E-state index is -4.49. The maximum absolute atomic E-state index is 13.0. The van der Waals surface area contributed by atoms with E-state index in [1.807, 2.05) is 6.07 Å². The molecule has 0 spiro atoms. The van der Waals surface area contributed by atoms with Gasteiger partial charge in [-0.05, 0) is 81.8 Å². The zero-order valence-corrected chi connectivity index (χ0v) is 18.5. The van der Waals surface area contributed by atoms with Crippen molar-refractivity contribution >= 4 is 40.2 Å². The lowest BCUT2D eigenvalue weighted by Crippen LogP contribution is -2.04. The van der Waals surface area contributed by atoms with E-state index in [4.69, 9.17) is 9.84 Å². The van der Waals surface area contributed by atoms with Crippen LogP contribution in [0.3, 0.4) is 0 Å². The van der Waals surface area contributed by atoms with Gasteiger partial charge in [0.25, 0.3) is 0 Å². The van der Waals surface area contributed by atoms with Crippen molar-refractivity contribution in [1.82, 2.24) is 0 Å². The second-order valence-corrected chi connectivity index (χ2v) is 7.89. The molecular formula is C24H15F3INO3. The van der Waals surface area contributed by atoms with Gasteiger partial charge in [0.1, 0.15) is 12.4 Å². The van der Waals surface area contributed by atoms with Crippen LogP contribution in [-0.2, 0) is 12.8 Å². The van der Waals surface area contributed by atoms with E-state index in [0.717, 1.165) is 21.3 Å². The molecule has 1 N–H and O–H groups in total. The summed E-state index contributed by atoms with van der Waals surface area (Å²) in [5.41, 5.74) is 1.11. The minimum Gasteiger partial charge on any atom is -0.488 e. The number of allylic oxidation sites excluding steroid dienone is 1. The van der Waals surface area contributed by atoms with Crippen LogP contribution < -0.4 is 4.74 Å². The summed E-state index contributed by atoms with van der Waals surface area (Å²) in [5.74, 6) is -0.417. The summed E-state index contributed by atoms with van der Waals surface area (Å²) in [7, 11) is 0. The van der Waals surface area contributed by atoms with Crippen molar-refractivity contribution in [3.63, 3.8) is 0 Å². The number of alkyl halides is 3. The van der Waals surface area contributed by atoms with E-state index in [-0.39, 0.29) is 23.3 Å². The molecule has 3 rings (SSSR count). The first kappa shape index (κ1) is 23.3. The van der Waals surface area contributed by atoms with Gasteiger partial charge in [0.15, 0.2) is 0 Å². The number of nitrogens with zero attached hydrogens (tertiary/aromatic N) is 1. The zero-order chi connectivity index (χ0) is 23.3. The molecule has 0 amide bonds. The number of carboxylic acids is 1. The third kappa shape index (κ3) is 5.88. The summed E-state index contributed by atoms with van der Waals surface area (Å²) >= 11 is 2.07. The molecule has 0 unspecified atom stereocenters. The lowest BCUT2D eigenvalue weighted by molar-refractivity contribution is -0.137. The van der Waals surface area contributed by atoms with Gasteiger partial charge in [-0.15, -0.1) is 0 Å². The molecule has 3 aromatic carbocycles. The highest BCUT2D eigenvalue weighted by Gasteiger charge is 2.30. The Hall–Kier alpha value is -3.32. The van der Waals surface area contributed by atoms with E-state index >= 15 is 0 Å². The number of rotatable bonds is 6. The zero-order valence-electron chi connectivity index (χ0n) is 16.4.